The molecule has 1 fully saturated rings. The fourth-order valence-corrected chi connectivity index (χ4v) is 0.887. The standard InChI is InChI=1S/C5H10N2O2/c6-7-4(1-2-8)3-5(7)9/h4,8H,1-3,6H2. The van der Waals surface area contributed by atoms with Crippen LogP contribution in [0.3, 0.4) is 0 Å². The van der Waals surface area contributed by atoms with Crippen molar-refractivity contribution in [1.82, 2.24) is 5.01 Å². The molecule has 0 aromatic rings. The van der Waals surface area contributed by atoms with E-state index in [1.54, 1.807) is 0 Å². The second-order valence-electron chi connectivity index (χ2n) is 2.17. The van der Waals surface area contributed by atoms with Crippen molar-refractivity contribution in [2.45, 2.75) is 18.9 Å². The zero-order valence-corrected chi connectivity index (χ0v) is 5.08. The molecule has 1 atom stereocenters. The molecule has 1 rings (SSSR count). The largest absolute Gasteiger partial charge is 0.396 e. The Morgan fingerprint density at radius 1 is 1.89 bits per heavy atom. The molecule has 0 radical (unpaired) electrons. The van der Waals surface area contributed by atoms with Gasteiger partial charge in [0.15, 0.2) is 0 Å². The predicted octanol–water partition coefficient (Wildman–Crippen LogP) is -1.16. The second-order valence-corrected chi connectivity index (χ2v) is 2.17. The predicted molar refractivity (Wildman–Crippen MR) is 31.1 cm³/mol. The van der Waals surface area contributed by atoms with Crippen LogP contribution in [0, 0.1) is 0 Å². The molecule has 0 bridgehead atoms. The highest BCUT2D eigenvalue weighted by atomic mass is 16.3. The number of carbonyl (C=O) groups excluding carboxylic acids is 1. The molecule has 52 valence electrons. The maximum atomic E-state index is 10.4. The number of hydrazine groups is 1. The monoisotopic (exact) mass is 130 g/mol. The third kappa shape index (κ3) is 1.04. The van der Waals surface area contributed by atoms with Crippen LogP contribution in [0.1, 0.15) is 12.8 Å². The van der Waals surface area contributed by atoms with Gasteiger partial charge >= 0.3 is 0 Å². The molecule has 0 aromatic carbocycles. The van der Waals surface area contributed by atoms with Gasteiger partial charge in [0.05, 0.1) is 12.5 Å². The van der Waals surface area contributed by atoms with Crippen molar-refractivity contribution in [1.29, 1.82) is 0 Å². The van der Waals surface area contributed by atoms with Crippen molar-refractivity contribution in [3.63, 3.8) is 0 Å². The van der Waals surface area contributed by atoms with E-state index >= 15 is 0 Å². The van der Waals surface area contributed by atoms with Crippen molar-refractivity contribution in [3.8, 4) is 0 Å². The Bertz CT molecular complexity index is 126. The van der Waals surface area contributed by atoms with E-state index in [1.807, 2.05) is 0 Å². The maximum absolute atomic E-state index is 10.4. The van der Waals surface area contributed by atoms with Gasteiger partial charge in [0.2, 0.25) is 5.91 Å². The van der Waals surface area contributed by atoms with Crippen LogP contribution in [0.2, 0.25) is 0 Å². The quantitative estimate of drug-likeness (QED) is 0.281. The van der Waals surface area contributed by atoms with E-state index in [1.165, 1.54) is 5.01 Å². The summed E-state index contributed by atoms with van der Waals surface area (Å²) in [5.74, 6) is 5.19. The minimum Gasteiger partial charge on any atom is -0.396 e. The molecular formula is C5H10N2O2. The van der Waals surface area contributed by atoms with Crippen LogP contribution in [-0.4, -0.2) is 28.7 Å². The van der Waals surface area contributed by atoms with Crippen molar-refractivity contribution in [2.24, 2.45) is 5.84 Å². The number of hydrogen-bond acceptors (Lipinski definition) is 3. The van der Waals surface area contributed by atoms with Crippen LogP contribution in [0.25, 0.3) is 0 Å². The Kier molecular flexibility index (Phi) is 1.68. The summed E-state index contributed by atoms with van der Waals surface area (Å²) in [5.41, 5.74) is 0. The molecule has 1 saturated heterocycles. The average Bonchev–Trinajstić information content (AvgIpc) is 1.88. The summed E-state index contributed by atoms with van der Waals surface area (Å²) in [7, 11) is 0. The van der Waals surface area contributed by atoms with Gasteiger partial charge in [0.1, 0.15) is 0 Å². The highest BCUT2D eigenvalue weighted by molar-refractivity contribution is 5.82. The van der Waals surface area contributed by atoms with Gasteiger partial charge in [-0.25, -0.2) is 5.84 Å². The van der Waals surface area contributed by atoms with Crippen molar-refractivity contribution < 1.29 is 9.90 Å². The lowest BCUT2D eigenvalue weighted by atomic mass is 10.0. The van der Waals surface area contributed by atoms with E-state index in [0.717, 1.165) is 0 Å². The number of hydrogen-bond donors (Lipinski definition) is 2. The molecule has 1 amide bonds. The number of aliphatic hydroxyl groups is 1. The number of nitrogens with two attached hydrogens (primary N) is 1. The number of β-lactam (4-membered cyclic amide) rings is 1. The molecule has 1 heterocycles. The van der Waals surface area contributed by atoms with Crippen LogP contribution in [-0.2, 0) is 4.79 Å². The summed E-state index contributed by atoms with van der Waals surface area (Å²) in [4.78, 5) is 10.4. The molecule has 1 aliphatic heterocycles. The van der Waals surface area contributed by atoms with E-state index in [0.29, 0.717) is 12.8 Å². The van der Waals surface area contributed by atoms with E-state index in [4.69, 9.17) is 10.9 Å². The van der Waals surface area contributed by atoms with E-state index < -0.39 is 0 Å². The van der Waals surface area contributed by atoms with Crippen LogP contribution < -0.4 is 5.84 Å². The smallest absolute Gasteiger partial charge is 0.238 e. The van der Waals surface area contributed by atoms with Crippen LogP contribution >= 0.6 is 0 Å². The Hall–Kier alpha value is -0.610. The normalized spacial score (nSPS) is 26.2. The first-order valence-electron chi connectivity index (χ1n) is 2.93. The van der Waals surface area contributed by atoms with Gasteiger partial charge in [-0.05, 0) is 6.42 Å². The first kappa shape index (κ1) is 6.51. The Balaban J connectivity index is 2.25. The minimum atomic E-state index is -0.0338. The average molecular weight is 130 g/mol. The Morgan fingerprint density at radius 2 is 2.56 bits per heavy atom. The zero-order valence-electron chi connectivity index (χ0n) is 5.08. The maximum Gasteiger partial charge on any atom is 0.238 e. The van der Waals surface area contributed by atoms with Gasteiger partial charge in [0.25, 0.3) is 0 Å². The topological polar surface area (TPSA) is 66.6 Å². The van der Waals surface area contributed by atoms with Crippen molar-refractivity contribution in [3.05, 3.63) is 0 Å². The third-order valence-electron chi connectivity index (χ3n) is 1.55. The van der Waals surface area contributed by atoms with Gasteiger partial charge in [-0.3, -0.25) is 9.80 Å². The first-order chi connectivity index (χ1) is 4.25. The van der Waals surface area contributed by atoms with Gasteiger partial charge in [-0.15, -0.1) is 0 Å². The summed E-state index contributed by atoms with van der Waals surface area (Å²) in [5, 5.41) is 9.59. The van der Waals surface area contributed by atoms with Gasteiger partial charge < -0.3 is 5.11 Å². The van der Waals surface area contributed by atoms with Gasteiger partial charge in [-0.2, -0.15) is 0 Å². The molecule has 9 heavy (non-hydrogen) atoms. The first-order valence-corrected chi connectivity index (χ1v) is 2.93. The van der Waals surface area contributed by atoms with Crippen LogP contribution in [0.5, 0.6) is 0 Å². The molecule has 0 aromatic heterocycles. The molecule has 1 unspecified atom stereocenters. The summed E-state index contributed by atoms with van der Waals surface area (Å²) in [6, 6.07) is 0.0856. The number of rotatable bonds is 2. The molecule has 0 spiro atoms. The molecule has 3 N–H and O–H groups in total. The highest BCUT2D eigenvalue weighted by Gasteiger charge is 2.32. The third-order valence-corrected chi connectivity index (χ3v) is 1.55. The summed E-state index contributed by atoms with van der Waals surface area (Å²) >= 11 is 0. The SMILES string of the molecule is NN1C(=O)CC1CCO. The number of aliphatic hydroxyl groups excluding tert-OH is 1. The van der Waals surface area contributed by atoms with Crippen LogP contribution in [0.4, 0.5) is 0 Å². The van der Waals surface area contributed by atoms with Crippen molar-refractivity contribution >= 4 is 5.91 Å². The number of carbonyl (C=O) groups is 1. The molecule has 1 aliphatic rings. The Labute approximate surface area is 53.2 Å². The number of amides is 1. The van der Waals surface area contributed by atoms with E-state index in [-0.39, 0.29) is 18.6 Å². The fourth-order valence-electron chi connectivity index (χ4n) is 0.887. The lowest BCUT2D eigenvalue weighted by Gasteiger charge is -2.35. The molecule has 0 aliphatic carbocycles. The summed E-state index contributed by atoms with van der Waals surface area (Å²) in [6.45, 7) is 0.103. The fraction of sp³-hybridized carbons (Fsp3) is 0.800. The lowest BCUT2D eigenvalue weighted by Crippen LogP contribution is -2.56. The molecule has 4 nitrogen and oxygen atoms in total. The molecule has 4 heteroatoms. The lowest BCUT2D eigenvalue weighted by molar-refractivity contribution is -0.147. The van der Waals surface area contributed by atoms with Crippen LogP contribution in [0.15, 0.2) is 0 Å². The van der Waals surface area contributed by atoms with Crippen molar-refractivity contribution in [2.75, 3.05) is 6.61 Å². The second kappa shape index (κ2) is 2.33. The Morgan fingerprint density at radius 3 is 2.89 bits per heavy atom. The minimum absolute atomic E-state index is 0.0338. The molecule has 0 saturated carbocycles. The zero-order chi connectivity index (χ0) is 6.85. The van der Waals surface area contributed by atoms with Gasteiger partial charge in [0, 0.05) is 6.61 Å². The summed E-state index contributed by atoms with van der Waals surface area (Å²) in [6.07, 6.45) is 1.10. The molecular weight excluding hydrogens is 120 g/mol. The highest BCUT2D eigenvalue weighted by Crippen LogP contribution is 2.16. The van der Waals surface area contributed by atoms with Gasteiger partial charge in [-0.1, -0.05) is 0 Å². The summed E-state index contributed by atoms with van der Waals surface area (Å²) < 4.78 is 0. The van der Waals surface area contributed by atoms with E-state index in [2.05, 4.69) is 0 Å². The van der Waals surface area contributed by atoms with E-state index in [9.17, 15) is 4.79 Å². The number of nitrogens with zero attached hydrogens (tertiary/aromatic N) is 1.